The van der Waals surface area contributed by atoms with Crippen LogP contribution in [0.1, 0.15) is 28.9 Å². The summed E-state index contributed by atoms with van der Waals surface area (Å²) in [7, 11) is 1.80. The number of likely N-dealkylation sites (N-methyl/N-ethyl adjacent to an activating group) is 1. The quantitative estimate of drug-likeness (QED) is 0.635. The van der Waals surface area contributed by atoms with Crippen LogP contribution in [0.4, 0.5) is 0 Å². The number of nitrogens with zero attached hydrogens (tertiary/aromatic N) is 6. The van der Waals surface area contributed by atoms with E-state index in [0.29, 0.717) is 50.1 Å². The maximum atomic E-state index is 13.1. The molecule has 0 atom stereocenters. The molecule has 0 bridgehead atoms. The first-order valence-corrected chi connectivity index (χ1v) is 10.4. The summed E-state index contributed by atoms with van der Waals surface area (Å²) in [6.45, 7) is 2.45. The molecule has 31 heavy (non-hydrogen) atoms. The fraction of sp³-hybridized carbons (Fsp3) is 0.409. The monoisotopic (exact) mass is 420 g/mol. The van der Waals surface area contributed by atoms with Crippen LogP contribution in [0.3, 0.4) is 0 Å². The van der Waals surface area contributed by atoms with Crippen LogP contribution in [0.5, 0.6) is 0 Å². The minimum atomic E-state index is -0.341. The third kappa shape index (κ3) is 3.76. The van der Waals surface area contributed by atoms with Crippen LogP contribution in [0.15, 0.2) is 43.0 Å². The molecule has 9 nitrogen and oxygen atoms in total. The van der Waals surface area contributed by atoms with Gasteiger partial charge in [0.1, 0.15) is 12.1 Å². The van der Waals surface area contributed by atoms with Gasteiger partial charge in [-0.1, -0.05) is 6.07 Å². The summed E-state index contributed by atoms with van der Waals surface area (Å²) in [5.74, 6) is -0.0465. The molecule has 3 aromatic rings. The summed E-state index contributed by atoms with van der Waals surface area (Å²) in [5.41, 5.74) is 2.52. The predicted octanol–water partition coefficient (Wildman–Crippen LogP) is 1.34. The second kappa shape index (κ2) is 7.73. The predicted molar refractivity (Wildman–Crippen MR) is 112 cm³/mol. The van der Waals surface area contributed by atoms with Crippen LogP contribution in [-0.4, -0.2) is 80.0 Å². The normalized spacial score (nSPS) is 18.7. The average Bonchev–Trinajstić information content (AvgIpc) is 3.19. The summed E-state index contributed by atoms with van der Waals surface area (Å²) in [6, 6.07) is 7.58. The molecule has 2 amide bonds. The van der Waals surface area contributed by atoms with Gasteiger partial charge < -0.3 is 19.1 Å². The molecule has 2 saturated heterocycles. The number of amides is 2. The SMILES string of the molecule is CN1CC2(CCN(C(=O)c3cnc4c(c3)ncn4Cc3ccccn3)CC2)OCC1=O. The van der Waals surface area contributed by atoms with Crippen molar-refractivity contribution in [3.8, 4) is 0 Å². The molecule has 9 heteroatoms. The van der Waals surface area contributed by atoms with E-state index in [-0.39, 0.29) is 24.0 Å². The number of rotatable bonds is 3. The van der Waals surface area contributed by atoms with Gasteiger partial charge in [0.2, 0.25) is 5.91 Å². The lowest BCUT2D eigenvalue weighted by Gasteiger charge is -2.46. The molecule has 2 aliphatic heterocycles. The largest absolute Gasteiger partial charge is 0.363 e. The van der Waals surface area contributed by atoms with E-state index in [1.807, 2.05) is 27.7 Å². The Morgan fingerprint density at radius 1 is 1.19 bits per heavy atom. The van der Waals surface area contributed by atoms with E-state index < -0.39 is 0 Å². The van der Waals surface area contributed by atoms with Crippen LogP contribution in [0.2, 0.25) is 0 Å². The summed E-state index contributed by atoms with van der Waals surface area (Å²) in [5, 5.41) is 0. The van der Waals surface area contributed by atoms with Crippen molar-refractivity contribution in [1.29, 1.82) is 0 Å². The zero-order valence-corrected chi connectivity index (χ0v) is 17.4. The van der Waals surface area contributed by atoms with Crippen LogP contribution in [-0.2, 0) is 16.1 Å². The highest BCUT2D eigenvalue weighted by Gasteiger charge is 2.42. The Hall–Kier alpha value is -3.33. The zero-order chi connectivity index (χ0) is 21.4. The van der Waals surface area contributed by atoms with Crippen molar-refractivity contribution >= 4 is 23.0 Å². The molecule has 160 valence electrons. The first-order valence-electron chi connectivity index (χ1n) is 10.4. The maximum absolute atomic E-state index is 13.1. The molecule has 0 N–H and O–H groups in total. The number of carbonyl (C=O) groups excluding carboxylic acids is 2. The Balaban J connectivity index is 1.28. The molecule has 3 aromatic heterocycles. The highest BCUT2D eigenvalue weighted by atomic mass is 16.5. The molecule has 0 radical (unpaired) electrons. The van der Waals surface area contributed by atoms with Gasteiger partial charge in [0.15, 0.2) is 5.65 Å². The minimum Gasteiger partial charge on any atom is -0.363 e. The van der Waals surface area contributed by atoms with Gasteiger partial charge in [0.25, 0.3) is 5.91 Å². The number of piperidine rings is 1. The standard InChI is InChI=1S/C22H24N6O3/c1-26-14-22(31-13-19(26)29)5-8-27(9-6-22)21(30)16-10-18-20(24-11-16)28(15-25-18)12-17-4-2-3-7-23-17/h2-4,7,10-11,15H,5-6,8-9,12-14H2,1H3. The van der Waals surface area contributed by atoms with Gasteiger partial charge >= 0.3 is 0 Å². The van der Waals surface area contributed by atoms with Crippen molar-refractivity contribution in [2.75, 3.05) is 33.3 Å². The van der Waals surface area contributed by atoms with E-state index in [4.69, 9.17) is 4.74 Å². The van der Waals surface area contributed by atoms with Gasteiger partial charge in [0, 0.05) is 39.1 Å². The number of morpholine rings is 1. The fourth-order valence-electron chi connectivity index (χ4n) is 4.34. The Labute approximate surface area is 179 Å². The van der Waals surface area contributed by atoms with Gasteiger partial charge in [-0.15, -0.1) is 0 Å². The van der Waals surface area contributed by atoms with E-state index in [0.717, 1.165) is 11.3 Å². The van der Waals surface area contributed by atoms with E-state index in [2.05, 4.69) is 15.0 Å². The third-order valence-electron chi connectivity index (χ3n) is 6.18. The average molecular weight is 420 g/mol. The smallest absolute Gasteiger partial charge is 0.255 e. The Morgan fingerprint density at radius 3 is 2.77 bits per heavy atom. The molecule has 1 spiro atoms. The van der Waals surface area contributed by atoms with Gasteiger partial charge in [-0.3, -0.25) is 14.6 Å². The van der Waals surface area contributed by atoms with E-state index in [1.54, 1.807) is 36.7 Å². The van der Waals surface area contributed by atoms with Crippen molar-refractivity contribution in [2.45, 2.75) is 25.0 Å². The van der Waals surface area contributed by atoms with Crippen molar-refractivity contribution in [2.24, 2.45) is 0 Å². The van der Waals surface area contributed by atoms with Crippen molar-refractivity contribution < 1.29 is 14.3 Å². The number of carbonyl (C=O) groups is 2. The lowest BCUT2D eigenvalue weighted by Crippen LogP contribution is -2.58. The summed E-state index contributed by atoms with van der Waals surface area (Å²) in [4.78, 5) is 41.6. The Bertz CT molecular complexity index is 1120. The van der Waals surface area contributed by atoms with Gasteiger partial charge in [-0.25, -0.2) is 9.97 Å². The molecule has 0 unspecified atom stereocenters. The summed E-state index contributed by atoms with van der Waals surface area (Å²) in [6.07, 6.45) is 6.53. The fourth-order valence-corrected chi connectivity index (χ4v) is 4.34. The summed E-state index contributed by atoms with van der Waals surface area (Å²) < 4.78 is 7.80. The topological polar surface area (TPSA) is 93.5 Å². The first kappa shape index (κ1) is 19.6. The number of fused-ring (bicyclic) bond motifs is 1. The third-order valence-corrected chi connectivity index (χ3v) is 6.18. The molecule has 2 aliphatic rings. The van der Waals surface area contributed by atoms with Gasteiger partial charge in [0.05, 0.1) is 29.7 Å². The first-order chi connectivity index (χ1) is 15.0. The van der Waals surface area contributed by atoms with E-state index in [1.165, 1.54) is 0 Å². The van der Waals surface area contributed by atoms with Gasteiger partial charge in [-0.2, -0.15) is 0 Å². The minimum absolute atomic E-state index is 0.00555. The molecule has 5 rings (SSSR count). The molecular weight excluding hydrogens is 396 g/mol. The highest BCUT2D eigenvalue weighted by molar-refractivity contribution is 5.96. The number of likely N-dealkylation sites (tertiary alicyclic amines) is 1. The maximum Gasteiger partial charge on any atom is 0.255 e. The number of aromatic nitrogens is 4. The highest BCUT2D eigenvalue weighted by Crippen LogP contribution is 2.30. The lowest BCUT2D eigenvalue weighted by atomic mass is 9.89. The zero-order valence-electron chi connectivity index (χ0n) is 17.4. The Kier molecular flexibility index (Phi) is 4.90. The molecular formula is C22H24N6O3. The van der Waals surface area contributed by atoms with Crippen molar-refractivity contribution in [1.82, 2.24) is 29.3 Å². The van der Waals surface area contributed by atoms with Crippen LogP contribution in [0, 0.1) is 0 Å². The number of pyridine rings is 2. The molecule has 2 fully saturated rings. The number of imidazole rings is 1. The Morgan fingerprint density at radius 2 is 2.03 bits per heavy atom. The number of hydrogen-bond donors (Lipinski definition) is 0. The van der Waals surface area contributed by atoms with Gasteiger partial charge in [-0.05, 0) is 31.0 Å². The van der Waals surface area contributed by atoms with Crippen molar-refractivity contribution in [3.05, 3.63) is 54.2 Å². The molecule has 0 saturated carbocycles. The molecule has 0 aliphatic carbocycles. The number of ether oxygens (including phenoxy) is 1. The lowest BCUT2D eigenvalue weighted by molar-refractivity contribution is -0.167. The summed E-state index contributed by atoms with van der Waals surface area (Å²) >= 11 is 0. The van der Waals surface area contributed by atoms with Crippen LogP contribution >= 0.6 is 0 Å². The number of hydrogen-bond acceptors (Lipinski definition) is 6. The molecule has 0 aromatic carbocycles. The van der Waals surface area contributed by atoms with E-state index >= 15 is 0 Å². The van der Waals surface area contributed by atoms with Crippen LogP contribution < -0.4 is 0 Å². The molecule has 5 heterocycles. The van der Waals surface area contributed by atoms with E-state index in [9.17, 15) is 9.59 Å². The van der Waals surface area contributed by atoms with Crippen molar-refractivity contribution in [3.63, 3.8) is 0 Å². The second-order valence-corrected chi connectivity index (χ2v) is 8.27. The second-order valence-electron chi connectivity index (χ2n) is 8.27. The van der Waals surface area contributed by atoms with Crippen LogP contribution in [0.25, 0.3) is 11.2 Å².